The average Bonchev–Trinajstić information content (AvgIpc) is 2.98. The number of benzene rings is 1. The van der Waals surface area contributed by atoms with Gasteiger partial charge in [-0.15, -0.1) is 12.4 Å². The highest BCUT2D eigenvalue weighted by atomic mass is 35.5. The first kappa shape index (κ1) is 20.1. The fraction of sp³-hybridized carbons (Fsp3) is 0.538. The van der Waals surface area contributed by atoms with Crippen molar-refractivity contribution in [1.29, 1.82) is 0 Å². The molecule has 0 bridgehead atoms. The van der Waals surface area contributed by atoms with Gasteiger partial charge in [0.05, 0.1) is 9.95 Å². The summed E-state index contributed by atoms with van der Waals surface area (Å²) in [5.74, 6) is 0.154. The predicted octanol–water partition coefficient (Wildman–Crippen LogP) is 2.47. The smallest absolute Gasteiger partial charge is 0.290 e. The van der Waals surface area contributed by atoms with Crippen molar-refractivity contribution in [3.05, 3.63) is 33.3 Å². The van der Waals surface area contributed by atoms with Crippen molar-refractivity contribution < 1.29 is 13.3 Å². The molecule has 0 aliphatic heterocycles. The monoisotopic (exact) mass is 383 g/mol. The van der Waals surface area contributed by atoms with Crippen molar-refractivity contribution in [2.75, 3.05) is 6.54 Å². The van der Waals surface area contributed by atoms with Crippen molar-refractivity contribution in [3.63, 3.8) is 0 Å². The number of rotatable bonds is 6. The van der Waals surface area contributed by atoms with Crippen LogP contribution in [-0.4, -0.2) is 25.9 Å². The Labute approximate surface area is 146 Å². The molecule has 1 aromatic carbocycles. The summed E-state index contributed by atoms with van der Waals surface area (Å²) < 4.78 is 27.6. The number of nitro groups is 1. The molecule has 1 saturated carbocycles. The van der Waals surface area contributed by atoms with E-state index in [1.165, 1.54) is 12.1 Å². The Bertz CT molecular complexity index is 663. The lowest BCUT2D eigenvalue weighted by molar-refractivity contribution is -0.387. The number of sulfonamides is 1. The van der Waals surface area contributed by atoms with Gasteiger partial charge in [0, 0.05) is 18.7 Å². The molecule has 0 amide bonds. The van der Waals surface area contributed by atoms with E-state index in [0.29, 0.717) is 0 Å². The molecule has 1 aliphatic carbocycles. The maximum absolute atomic E-state index is 12.5. The number of hydrogen-bond acceptors (Lipinski definition) is 5. The van der Waals surface area contributed by atoms with Crippen LogP contribution in [0.2, 0.25) is 5.02 Å². The van der Waals surface area contributed by atoms with Crippen LogP contribution in [-0.2, 0) is 10.0 Å². The van der Waals surface area contributed by atoms with Crippen LogP contribution < -0.4 is 10.5 Å². The van der Waals surface area contributed by atoms with Gasteiger partial charge in [0.25, 0.3) is 5.69 Å². The van der Waals surface area contributed by atoms with Gasteiger partial charge in [-0.05, 0) is 24.8 Å². The van der Waals surface area contributed by atoms with E-state index in [1.807, 2.05) is 0 Å². The minimum atomic E-state index is -4.12. The molecule has 0 spiro atoms. The molecule has 0 radical (unpaired) electrons. The van der Waals surface area contributed by atoms with Crippen LogP contribution in [0.1, 0.15) is 25.7 Å². The number of nitrogens with zero attached hydrogens (tertiary/aromatic N) is 1. The Morgan fingerprint density at radius 2 is 2.00 bits per heavy atom. The second-order valence-corrected chi connectivity index (χ2v) is 7.41. The Hall–Kier alpha value is -0.930. The number of hydrogen-bond donors (Lipinski definition) is 2. The Balaban J connectivity index is 0.00000264. The maximum atomic E-state index is 12.5. The van der Waals surface area contributed by atoms with E-state index in [4.69, 9.17) is 17.3 Å². The average molecular weight is 384 g/mol. The van der Waals surface area contributed by atoms with Crippen LogP contribution in [0.4, 0.5) is 5.69 Å². The van der Waals surface area contributed by atoms with Crippen LogP contribution in [0.3, 0.4) is 0 Å². The molecule has 7 nitrogen and oxygen atoms in total. The lowest BCUT2D eigenvalue weighted by atomic mass is 9.99. The molecule has 0 aromatic heterocycles. The summed E-state index contributed by atoms with van der Waals surface area (Å²) in [6.45, 7) is 0.141. The van der Waals surface area contributed by atoms with E-state index in [-0.39, 0.29) is 29.9 Å². The van der Waals surface area contributed by atoms with Gasteiger partial charge < -0.3 is 5.73 Å². The summed E-state index contributed by atoms with van der Waals surface area (Å²) in [6.07, 6.45) is 3.87. The Morgan fingerprint density at radius 1 is 1.39 bits per heavy atom. The lowest BCUT2D eigenvalue weighted by Gasteiger charge is -2.23. The van der Waals surface area contributed by atoms with Gasteiger partial charge in [0.15, 0.2) is 4.90 Å². The number of halogens is 2. The Kier molecular flexibility index (Phi) is 7.22. The fourth-order valence-corrected chi connectivity index (χ4v) is 4.88. The maximum Gasteiger partial charge on any atom is 0.290 e. The normalized spacial score (nSPS) is 16.8. The number of nitrogens with one attached hydrogen (secondary N) is 1. The molecule has 3 N–H and O–H groups in total. The first-order valence-electron chi connectivity index (χ1n) is 7.02. The van der Waals surface area contributed by atoms with Crippen LogP contribution in [0.25, 0.3) is 0 Å². The van der Waals surface area contributed by atoms with Gasteiger partial charge in [-0.25, -0.2) is 13.1 Å². The number of nitrogens with two attached hydrogens (primary N) is 1. The predicted molar refractivity (Wildman–Crippen MR) is 90.5 cm³/mol. The van der Waals surface area contributed by atoms with E-state index in [2.05, 4.69) is 4.72 Å². The SMILES string of the molecule is Cl.NCC(NS(=O)(=O)c1c(Cl)cccc1[N+](=O)[O-])C1CCCC1. The molecule has 10 heteroatoms. The fourth-order valence-electron chi connectivity index (χ4n) is 2.86. The second-order valence-electron chi connectivity index (χ2n) is 5.35. The van der Waals surface area contributed by atoms with Crippen LogP contribution in [0.15, 0.2) is 23.1 Å². The molecular formula is C13H19Cl2N3O4S. The zero-order valence-corrected chi connectivity index (χ0v) is 14.7. The van der Waals surface area contributed by atoms with Gasteiger partial charge in [-0.1, -0.05) is 30.5 Å². The first-order chi connectivity index (χ1) is 10.4. The molecule has 1 aliphatic rings. The minimum Gasteiger partial charge on any atom is -0.329 e. The molecule has 0 heterocycles. The van der Waals surface area contributed by atoms with Gasteiger partial charge >= 0.3 is 0 Å². The van der Waals surface area contributed by atoms with Crippen molar-refractivity contribution >= 4 is 39.7 Å². The van der Waals surface area contributed by atoms with Crippen LogP contribution in [0, 0.1) is 16.0 Å². The largest absolute Gasteiger partial charge is 0.329 e. The molecule has 130 valence electrons. The van der Waals surface area contributed by atoms with Gasteiger partial charge in [-0.2, -0.15) is 0 Å². The third kappa shape index (κ3) is 4.54. The molecule has 0 saturated heterocycles. The van der Waals surface area contributed by atoms with E-state index in [9.17, 15) is 18.5 Å². The highest BCUT2D eigenvalue weighted by molar-refractivity contribution is 7.89. The van der Waals surface area contributed by atoms with E-state index >= 15 is 0 Å². The summed E-state index contributed by atoms with van der Waals surface area (Å²) in [7, 11) is -4.12. The second kappa shape index (κ2) is 8.25. The summed E-state index contributed by atoms with van der Waals surface area (Å²) in [5, 5.41) is 10.9. The molecular weight excluding hydrogens is 365 g/mol. The lowest BCUT2D eigenvalue weighted by Crippen LogP contribution is -2.44. The van der Waals surface area contributed by atoms with Crippen molar-refractivity contribution in [3.8, 4) is 0 Å². The van der Waals surface area contributed by atoms with Crippen LogP contribution >= 0.6 is 24.0 Å². The summed E-state index contributed by atoms with van der Waals surface area (Å²) in [4.78, 5) is 9.80. The van der Waals surface area contributed by atoms with E-state index in [1.54, 1.807) is 0 Å². The topological polar surface area (TPSA) is 115 Å². The molecule has 1 unspecified atom stereocenters. The third-order valence-electron chi connectivity index (χ3n) is 3.94. The molecule has 2 rings (SSSR count). The third-order valence-corrected chi connectivity index (χ3v) is 5.95. The quantitative estimate of drug-likeness (QED) is 0.577. The highest BCUT2D eigenvalue weighted by Crippen LogP contribution is 2.32. The first-order valence-corrected chi connectivity index (χ1v) is 8.88. The van der Waals surface area contributed by atoms with Crippen molar-refractivity contribution in [2.24, 2.45) is 11.7 Å². The molecule has 1 atom stereocenters. The van der Waals surface area contributed by atoms with Crippen molar-refractivity contribution in [2.45, 2.75) is 36.6 Å². The zero-order valence-electron chi connectivity index (χ0n) is 12.3. The summed E-state index contributed by atoms with van der Waals surface area (Å²) in [5.41, 5.74) is 5.14. The summed E-state index contributed by atoms with van der Waals surface area (Å²) in [6, 6.07) is 3.34. The molecule has 1 fully saturated rings. The van der Waals surface area contributed by atoms with Crippen molar-refractivity contribution in [1.82, 2.24) is 4.72 Å². The van der Waals surface area contributed by atoms with E-state index in [0.717, 1.165) is 31.7 Å². The molecule has 23 heavy (non-hydrogen) atoms. The Morgan fingerprint density at radius 3 is 2.52 bits per heavy atom. The van der Waals surface area contributed by atoms with Crippen LogP contribution in [0.5, 0.6) is 0 Å². The van der Waals surface area contributed by atoms with Gasteiger partial charge in [0.1, 0.15) is 0 Å². The summed E-state index contributed by atoms with van der Waals surface area (Å²) >= 11 is 5.89. The van der Waals surface area contributed by atoms with Gasteiger partial charge in [0.2, 0.25) is 10.0 Å². The highest BCUT2D eigenvalue weighted by Gasteiger charge is 2.33. The zero-order chi connectivity index (χ0) is 16.3. The van der Waals surface area contributed by atoms with E-state index < -0.39 is 31.6 Å². The minimum absolute atomic E-state index is 0. The molecule has 1 aromatic rings. The van der Waals surface area contributed by atoms with Gasteiger partial charge in [-0.3, -0.25) is 10.1 Å². The number of nitro benzene ring substituents is 1. The standard InChI is InChI=1S/C13H18ClN3O4S.ClH/c14-10-6-3-7-12(17(18)19)13(10)22(20,21)16-11(8-15)9-4-1-2-5-9;/h3,6-7,9,11,16H,1-2,4-5,8,15H2;1H.